The van der Waals surface area contributed by atoms with Gasteiger partial charge in [-0.3, -0.25) is 4.79 Å². The molecule has 0 aliphatic rings. The molecule has 0 aromatic carbocycles. The van der Waals surface area contributed by atoms with E-state index in [4.69, 9.17) is 4.74 Å². The third-order valence-electron chi connectivity index (χ3n) is 2.00. The van der Waals surface area contributed by atoms with Crippen LogP contribution in [0.25, 0.3) is 0 Å². The number of rotatable bonds is 4. The Hall–Kier alpha value is -1.09. The molecular formula is C11H17NO2. The lowest BCUT2D eigenvalue weighted by atomic mass is 10.3. The lowest BCUT2D eigenvalue weighted by Gasteiger charge is -2.16. The van der Waals surface area contributed by atoms with Crippen LogP contribution in [0, 0.1) is 0 Å². The molecule has 78 valence electrons. The second-order valence-corrected chi connectivity index (χ2v) is 3.68. The fourth-order valence-corrected chi connectivity index (χ4v) is 1.22. The van der Waals surface area contributed by atoms with Crippen LogP contribution >= 0.6 is 0 Å². The molecule has 1 heterocycles. The average molecular weight is 195 g/mol. The van der Waals surface area contributed by atoms with E-state index in [-0.39, 0.29) is 17.7 Å². The maximum Gasteiger partial charge on any atom is 0.250 e. The van der Waals surface area contributed by atoms with Gasteiger partial charge in [-0.1, -0.05) is 6.07 Å². The highest BCUT2D eigenvalue weighted by Gasteiger charge is 2.06. The minimum absolute atomic E-state index is 0.0207. The second kappa shape index (κ2) is 4.96. The molecule has 3 nitrogen and oxygen atoms in total. The Morgan fingerprint density at radius 2 is 2.07 bits per heavy atom. The first-order valence-electron chi connectivity index (χ1n) is 4.90. The first-order valence-corrected chi connectivity index (χ1v) is 4.90. The summed E-state index contributed by atoms with van der Waals surface area (Å²) in [5, 5.41) is 0. The van der Waals surface area contributed by atoms with Crippen LogP contribution in [0.1, 0.15) is 26.8 Å². The molecule has 0 bridgehead atoms. The van der Waals surface area contributed by atoms with Crippen LogP contribution in [0.3, 0.4) is 0 Å². The molecule has 0 aliphatic heterocycles. The van der Waals surface area contributed by atoms with E-state index in [0.29, 0.717) is 6.61 Å². The minimum Gasteiger partial charge on any atom is -0.377 e. The highest BCUT2D eigenvalue weighted by Crippen LogP contribution is 2.03. The summed E-state index contributed by atoms with van der Waals surface area (Å²) in [5.74, 6) is 0. The fourth-order valence-electron chi connectivity index (χ4n) is 1.22. The van der Waals surface area contributed by atoms with E-state index in [1.807, 2.05) is 26.8 Å². The van der Waals surface area contributed by atoms with Crippen molar-refractivity contribution >= 4 is 0 Å². The molecule has 1 aromatic heterocycles. The Morgan fingerprint density at radius 1 is 1.36 bits per heavy atom. The van der Waals surface area contributed by atoms with Gasteiger partial charge in [0.2, 0.25) is 0 Å². The fraction of sp³-hybridized carbons (Fsp3) is 0.545. The topological polar surface area (TPSA) is 31.2 Å². The Balaban J connectivity index is 2.65. The zero-order chi connectivity index (χ0) is 10.6. The van der Waals surface area contributed by atoms with Gasteiger partial charge in [0.15, 0.2) is 0 Å². The van der Waals surface area contributed by atoms with Crippen molar-refractivity contribution in [2.45, 2.75) is 32.9 Å². The maximum absolute atomic E-state index is 11.4. The van der Waals surface area contributed by atoms with Gasteiger partial charge in [-0.25, -0.2) is 0 Å². The van der Waals surface area contributed by atoms with Gasteiger partial charge in [0.1, 0.15) is 0 Å². The van der Waals surface area contributed by atoms with Gasteiger partial charge < -0.3 is 9.30 Å². The van der Waals surface area contributed by atoms with Crippen LogP contribution < -0.4 is 5.56 Å². The summed E-state index contributed by atoms with van der Waals surface area (Å²) in [4.78, 5) is 11.4. The van der Waals surface area contributed by atoms with Crippen molar-refractivity contribution in [3.05, 3.63) is 34.7 Å². The van der Waals surface area contributed by atoms with Crippen molar-refractivity contribution in [2.75, 3.05) is 6.61 Å². The minimum atomic E-state index is 0.0207. The first-order chi connectivity index (χ1) is 6.61. The summed E-state index contributed by atoms with van der Waals surface area (Å²) in [6.45, 7) is 6.52. The number of nitrogens with zero attached hydrogens (tertiary/aromatic N) is 1. The van der Waals surface area contributed by atoms with E-state index in [2.05, 4.69) is 0 Å². The third kappa shape index (κ3) is 3.00. The Bertz CT molecular complexity index is 330. The summed E-state index contributed by atoms with van der Waals surface area (Å²) >= 11 is 0. The normalized spacial score (nSPS) is 13.1. The highest BCUT2D eigenvalue weighted by molar-refractivity contribution is 4.94. The molecule has 0 radical (unpaired) electrons. The van der Waals surface area contributed by atoms with E-state index < -0.39 is 0 Å². The molecule has 0 saturated carbocycles. The van der Waals surface area contributed by atoms with Gasteiger partial charge in [-0.2, -0.15) is 0 Å². The largest absolute Gasteiger partial charge is 0.377 e. The zero-order valence-corrected chi connectivity index (χ0v) is 8.93. The van der Waals surface area contributed by atoms with E-state index >= 15 is 0 Å². The molecule has 0 fully saturated rings. The summed E-state index contributed by atoms with van der Waals surface area (Å²) in [7, 11) is 0. The van der Waals surface area contributed by atoms with E-state index in [9.17, 15) is 4.79 Å². The maximum atomic E-state index is 11.4. The van der Waals surface area contributed by atoms with E-state index in [1.54, 1.807) is 22.9 Å². The second-order valence-electron chi connectivity index (χ2n) is 3.68. The smallest absolute Gasteiger partial charge is 0.250 e. The molecule has 0 unspecified atom stereocenters. The first kappa shape index (κ1) is 11.0. The van der Waals surface area contributed by atoms with Crippen molar-refractivity contribution < 1.29 is 4.74 Å². The van der Waals surface area contributed by atoms with Gasteiger partial charge in [0, 0.05) is 12.3 Å². The standard InChI is InChI=1S/C11H17NO2/c1-9(2)14-8-10(3)12-7-5-4-6-11(12)13/h4-7,9-10H,8H2,1-3H3/t10-/m1/s1. The molecule has 0 aliphatic carbocycles. The molecule has 1 aromatic rings. The SMILES string of the molecule is CC(C)OC[C@@H](C)n1ccccc1=O. The molecule has 1 rings (SSSR count). The summed E-state index contributed by atoms with van der Waals surface area (Å²) in [6.07, 6.45) is 1.99. The monoisotopic (exact) mass is 195 g/mol. The van der Waals surface area contributed by atoms with E-state index in [1.165, 1.54) is 0 Å². The van der Waals surface area contributed by atoms with Gasteiger partial charge >= 0.3 is 0 Å². The Kier molecular flexibility index (Phi) is 3.89. The number of pyridine rings is 1. The molecule has 3 heteroatoms. The highest BCUT2D eigenvalue weighted by atomic mass is 16.5. The molecule has 0 amide bonds. The predicted molar refractivity (Wildman–Crippen MR) is 56.5 cm³/mol. The van der Waals surface area contributed by atoms with Crippen molar-refractivity contribution in [3.8, 4) is 0 Å². The van der Waals surface area contributed by atoms with Crippen LogP contribution in [0.15, 0.2) is 29.2 Å². The third-order valence-corrected chi connectivity index (χ3v) is 2.00. The van der Waals surface area contributed by atoms with Crippen LogP contribution in [0.2, 0.25) is 0 Å². The van der Waals surface area contributed by atoms with Crippen molar-refractivity contribution in [2.24, 2.45) is 0 Å². The number of hydrogen-bond donors (Lipinski definition) is 0. The number of hydrogen-bond acceptors (Lipinski definition) is 2. The summed E-state index contributed by atoms with van der Waals surface area (Å²) in [6, 6.07) is 5.25. The Morgan fingerprint density at radius 3 is 2.64 bits per heavy atom. The van der Waals surface area contributed by atoms with Crippen LogP contribution in [0.5, 0.6) is 0 Å². The van der Waals surface area contributed by atoms with Crippen molar-refractivity contribution in [1.82, 2.24) is 4.57 Å². The quantitative estimate of drug-likeness (QED) is 0.734. The van der Waals surface area contributed by atoms with Gasteiger partial charge in [0.05, 0.1) is 18.8 Å². The number of aromatic nitrogens is 1. The molecule has 0 saturated heterocycles. The predicted octanol–water partition coefficient (Wildman–Crippen LogP) is 1.83. The van der Waals surface area contributed by atoms with Gasteiger partial charge in [-0.05, 0) is 26.8 Å². The lowest BCUT2D eigenvalue weighted by Crippen LogP contribution is -2.25. The van der Waals surface area contributed by atoms with Gasteiger partial charge in [-0.15, -0.1) is 0 Å². The van der Waals surface area contributed by atoms with Crippen LogP contribution in [-0.4, -0.2) is 17.3 Å². The lowest BCUT2D eigenvalue weighted by molar-refractivity contribution is 0.0571. The van der Waals surface area contributed by atoms with Crippen molar-refractivity contribution in [3.63, 3.8) is 0 Å². The summed E-state index contributed by atoms with van der Waals surface area (Å²) in [5.41, 5.74) is 0.0207. The molecular weight excluding hydrogens is 178 g/mol. The molecule has 0 N–H and O–H groups in total. The summed E-state index contributed by atoms with van der Waals surface area (Å²) < 4.78 is 7.14. The molecule has 14 heavy (non-hydrogen) atoms. The zero-order valence-electron chi connectivity index (χ0n) is 8.93. The van der Waals surface area contributed by atoms with Gasteiger partial charge in [0.25, 0.3) is 5.56 Å². The average Bonchev–Trinajstić information content (AvgIpc) is 2.15. The van der Waals surface area contributed by atoms with Crippen LogP contribution in [0.4, 0.5) is 0 Å². The van der Waals surface area contributed by atoms with Crippen molar-refractivity contribution in [1.29, 1.82) is 0 Å². The van der Waals surface area contributed by atoms with E-state index in [0.717, 1.165) is 0 Å². The number of ether oxygens (including phenoxy) is 1. The van der Waals surface area contributed by atoms with Crippen LogP contribution in [-0.2, 0) is 4.74 Å². The Labute approximate surface area is 84.3 Å². The molecule has 0 spiro atoms. The molecule has 1 atom stereocenters.